The minimum Gasteiger partial charge on any atom is -0.496 e. The van der Waals surface area contributed by atoms with Gasteiger partial charge in [-0.3, -0.25) is 4.79 Å². The Morgan fingerprint density at radius 2 is 1.92 bits per heavy atom. The molecule has 1 atom stereocenters. The normalized spacial score (nSPS) is 22.4. The summed E-state index contributed by atoms with van der Waals surface area (Å²) in [5, 5.41) is 2.98. The van der Waals surface area contributed by atoms with Gasteiger partial charge >= 0.3 is 0 Å². The Bertz CT molecular complexity index is 654. The molecule has 5 heteroatoms. The van der Waals surface area contributed by atoms with E-state index in [2.05, 4.69) is 38.2 Å². The molecular weight excluding hydrogens is 322 g/mol. The molecule has 4 nitrogen and oxygen atoms in total. The highest BCUT2D eigenvalue weighted by atomic mass is 32.2. The molecule has 0 spiro atoms. The number of aldehydes is 1. The number of amides is 1. The molecule has 1 aromatic carbocycles. The van der Waals surface area contributed by atoms with Gasteiger partial charge in [0, 0.05) is 5.54 Å². The molecule has 1 aliphatic rings. The fourth-order valence-electron chi connectivity index (χ4n) is 3.72. The number of nitrogens with one attached hydrogen (secondary N) is 1. The molecule has 0 saturated heterocycles. The highest BCUT2D eigenvalue weighted by molar-refractivity contribution is 8.01. The lowest BCUT2D eigenvalue weighted by Crippen LogP contribution is -2.51. The molecule has 0 radical (unpaired) electrons. The zero-order chi connectivity index (χ0) is 18.2. The maximum atomic E-state index is 11.3. The first kappa shape index (κ1) is 18.8. The maximum Gasteiger partial charge on any atom is 0.207 e. The minimum absolute atomic E-state index is 0.0781. The van der Waals surface area contributed by atoms with Gasteiger partial charge < -0.3 is 14.8 Å². The molecule has 1 unspecified atom stereocenters. The Kier molecular flexibility index (Phi) is 5.05. The number of carbonyl (C=O) groups is 2. The van der Waals surface area contributed by atoms with Crippen LogP contribution in [0.4, 0.5) is 0 Å². The zero-order valence-electron chi connectivity index (χ0n) is 15.4. The van der Waals surface area contributed by atoms with Crippen molar-refractivity contribution in [3.05, 3.63) is 23.3 Å². The highest BCUT2D eigenvalue weighted by Crippen LogP contribution is 2.46. The summed E-state index contributed by atoms with van der Waals surface area (Å²) in [5.41, 5.74) is 2.11. The molecule has 24 heavy (non-hydrogen) atoms. The smallest absolute Gasteiger partial charge is 0.207 e. The Hall–Kier alpha value is -1.49. The first-order valence-corrected chi connectivity index (χ1v) is 8.95. The predicted molar refractivity (Wildman–Crippen MR) is 97.9 cm³/mol. The molecule has 1 N–H and O–H groups in total. The van der Waals surface area contributed by atoms with E-state index in [1.54, 1.807) is 7.11 Å². The lowest BCUT2D eigenvalue weighted by atomic mass is 9.65. The van der Waals surface area contributed by atoms with Gasteiger partial charge in [0.05, 0.1) is 16.8 Å². The van der Waals surface area contributed by atoms with Gasteiger partial charge in [0.1, 0.15) is 12.0 Å². The van der Waals surface area contributed by atoms with Crippen LogP contribution < -0.4 is 10.1 Å². The summed E-state index contributed by atoms with van der Waals surface area (Å²) in [6.07, 6.45) is 3.38. The van der Waals surface area contributed by atoms with Gasteiger partial charge in [-0.05, 0) is 62.3 Å². The van der Waals surface area contributed by atoms with Crippen LogP contribution in [-0.4, -0.2) is 30.1 Å². The predicted octanol–water partition coefficient (Wildman–Crippen LogP) is 3.49. The van der Waals surface area contributed by atoms with Crippen molar-refractivity contribution >= 4 is 24.5 Å². The molecule has 0 bridgehead atoms. The number of benzene rings is 1. The van der Waals surface area contributed by atoms with Gasteiger partial charge in [-0.15, -0.1) is 11.8 Å². The Balaban J connectivity index is 2.53. The first-order chi connectivity index (χ1) is 11.1. The summed E-state index contributed by atoms with van der Waals surface area (Å²) >= 11 is 1.52. The molecular formula is C19H27NO3S. The van der Waals surface area contributed by atoms with Crippen LogP contribution in [0.15, 0.2) is 17.0 Å². The van der Waals surface area contributed by atoms with Crippen molar-refractivity contribution in [1.82, 2.24) is 5.32 Å². The minimum atomic E-state index is -0.506. The molecule has 2 rings (SSSR count). The van der Waals surface area contributed by atoms with Crippen LogP contribution in [0.3, 0.4) is 0 Å². The van der Waals surface area contributed by atoms with Crippen LogP contribution in [0.2, 0.25) is 0 Å². The summed E-state index contributed by atoms with van der Waals surface area (Å²) < 4.78 is 5.07. The molecule has 132 valence electrons. The number of fused-ring (bicyclic) bond motifs is 1. The zero-order valence-corrected chi connectivity index (χ0v) is 16.2. The fourth-order valence-corrected chi connectivity index (χ4v) is 4.76. The van der Waals surface area contributed by atoms with E-state index in [0.717, 1.165) is 36.2 Å². The largest absolute Gasteiger partial charge is 0.496 e. The second-order valence-corrected chi connectivity index (χ2v) is 9.74. The lowest BCUT2D eigenvalue weighted by molar-refractivity contribution is -0.111. The SMILES string of the molecule is COc1cc2c(cc1SC(C)(C)C=O)C(C)(C)CC(C)(NC=O)C2. The molecule has 1 aliphatic carbocycles. The number of hydrogen-bond donors (Lipinski definition) is 1. The topological polar surface area (TPSA) is 55.4 Å². The third-order valence-corrected chi connectivity index (χ3v) is 5.76. The van der Waals surface area contributed by atoms with Crippen LogP contribution >= 0.6 is 11.8 Å². The van der Waals surface area contributed by atoms with E-state index in [4.69, 9.17) is 4.74 Å². The summed E-state index contributed by atoms with van der Waals surface area (Å²) in [7, 11) is 1.65. The standard InChI is InChI=1S/C19H27NO3S/c1-17(2)10-19(5,20-12-22)9-13-7-15(23-6)16(8-14(13)17)24-18(3,4)11-21/h7-8,11-12H,9-10H2,1-6H3,(H,20,22). The van der Waals surface area contributed by atoms with Gasteiger partial charge in [0.2, 0.25) is 6.41 Å². The van der Waals surface area contributed by atoms with Crippen molar-refractivity contribution < 1.29 is 14.3 Å². The fraction of sp³-hybridized carbons (Fsp3) is 0.579. The van der Waals surface area contributed by atoms with E-state index in [1.807, 2.05) is 13.8 Å². The van der Waals surface area contributed by atoms with E-state index < -0.39 is 4.75 Å². The molecule has 0 aromatic heterocycles. The van der Waals surface area contributed by atoms with Crippen LogP contribution in [0, 0.1) is 0 Å². The molecule has 0 saturated carbocycles. The maximum absolute atomic E-state index is 11.3. The molecule has 0 aliphatic heterocycles. The average Bonchev–Trinajstić information content (AvgIpc) is 2.46. The molecule has 0 heterocycles. The number of carbonyl (C=O) groups excluding carboxylic acids is 2. The van der Waals surface area contributed by atoms with Crippen molar-refractivity contribution in [3.63, 3.8) is 0 Å². The van der Waals surface area contributed by atoms with Gasteiger partial charge in [-0.1, -0.05) is 13.8 Å². The van der Waals surface area contributed by atoms with E-state index >= 15 is 0 Å². The van der Waals surface area contributed by atoms with E-state index in [1.165, 1.54) is 22.9 Å². The van der Waals surface area contributed by atoms with E-state index in [0.29, 0.717) is 0 Å². The first-order valence-electron chi connectivity index (χ1n) is 8.14. The van der Waals surface area contributed by atoms with E-state index in [9.17, 15) is 9.59 Å². The van der Waals surface area contributed by atoms with Gasteiger partial charge in [0.25, 0.3) is 0 Å². The number of rotatable bonds is 6. The number of thioether (sulfide) groups is 1. The van der Waals surface area contributed by atoms with Crippen LogP contribution in [0.5, 0.6) is 5.75 Å². The monoisotopic (exact) mass is 349 g/mol. The van der Waals surface area contributed by atoms with Crippen molar-refractivity contribution in [2.45, 2.75) is 68.1 Å². The van der Waals surface area contributed by atoms with Crippen LogP contribution in [-0.2, 0) is 21.4 Å². The van der Waals surface area contributed by atoms with Gasteiger partial charge in [-0.25, -0.2) is 0 Å². The number of hydrogen-bond acceptors (Lipinski definition) is 4. The van der Waals surface area contributed by atoms with Crippen LogP contribution in [0.25, 0.3) is 0 Å². The van der Waals surface area contributed by atoms with Gasteiger partial charge in [0.15, 0.2) is 0 Å². The van der Waals surface area contributed by atoms with Crippen molar-refractivity contribution in [1.29, 1.82) is 0 Å². The summed E-state index contributed by atoms with van der Waals surface area (Å²) in [6.45, 7) is 10.3. The van der Waals surface area contributed by atoms with Crippen LogP contribution in [0.1, 0.15) is 52.2 Å². The van der Waals surface area contributed by atoms with Crippen molar-refractivity contribution in [3.8, 4) is 5.75 Å². The molecule has 1 aromatic rings. The summed E-state index contributed by atoms with van der Waals surface area (Å²) in [6, 6.07) is 4.22. The second-order valence-electron chi connectivity index (χ2n) is 8.04. The third kappa shape index (κ3) is 3.77. The Morgan fingerprint density at radius 1 is 1.25 bits per heavy atom. The summed E-state index contributed by atoms with van der Waals surface area (Å²) in [4.78, 5) is 23.3. The highest BCUT2D eigenvalue weighted by Gasteiger charge is 2.40. The lowest BCUT2D eigenvalue weighted by Gasteiger charge is -2.44. The Morgan fingerprint density at radius 3 is 2.46 bits per heavy atom. The average molecular weight is 349 g/mol. The third-order valence-electron chi connectivity index (χ3n) is 4.60. The molecule has 0 fully saturated rings. The van der Waals surface area contributed by atoms with Gasteiger partial charge in [-0.2, -0.15) is 0 Å². The number of ether oxygens (including phenoxy) is 1. The summed E-state index contributed by atoms with van der Waals surface area (Å²) in [5.74, 6) is 0.778. The van der Waals surface area contributed by atoms with Crippen molar-refractivity contribution in [2.75, 3.05) is 7.11 Å². The number of methoxy groups -OCH3 is 1. The Labute approximate surface area is 148 Å². The second kappa shape index (κ2) is 6.43. The quantitative estimate of drug-likeness (QED) is 0.631. The van der Waals surface area contributed by atoms with E-state index in [-0.39, 0.29) is 11.0 Å². The molecule has 1 amide bonds. The van der Waals surface area contributed by atoms with Crippen molar-refractivity contribution in [2.24, 2.45) is 0 Å².